The minimum Gasteiger partial charge on any atom is -0.506 e. The molecular weight excluding hydrogens is 418 g/mol. The number of rotatable bonds is 6. The molecule has 0 spiro atoms. The van der Waals surface area contributed by atoms with Gasteiger partial charge >= 0.3 is 0 Å². The number of furan rings is 1. The number of benzene rings is 2. The molecule has 0 unspecified atom stereocenters. The molecule has 2 aromatic carbocycles. The fourth-order valence-corrected chi connectivity index (χ4v) is 4.50. The lowest BCUT2D eigenvalue weighted by Crippen LogP contribution is -2.48. The molecule has 8 nitrogen and oxygen atoms in total. The Hall–Kier alpha value is -3.30. The minimum atomic E-state index is -3.71. The smallest absolute Gasteiger partial charge is 0.253 e. The number of para-hydroxylation sites is 2. The van der Waals surface area contributed by atoms with Gasteiger partial charge in [0.25, 0.3) is 5.91 Å². The fraction of sp³-hybridized carbons (Fsp3) is 0.227. The van der Waals surface area contributed by atoms with Crippen LogP contribution >= 0.6 is 0 Å². The van der Waals surface area contributed by atoms with E-state index in [-0.39, 0.29) is 23.1 Å². The van der Waals surface area contributed by atoms with Crippen LogP contribution in [0.3, 0.4) is 0 Å². The Morgan fingerprint density at radius 3 is 2.32 bits per heavy atom. The van der Waals surface area contributed by atoms with E-state index in [4.69, 9.17) is 4.42 Å². The first-order chi connectivity index (χ1) is 14.9. The van der Waals surface area contributed by atoms with E-state index in [0.717, 1.165) is 5.69 Å². The van der Waals surface area contributed by atoms with Gasteiger partial charge in [-0.3, -0.25) is 4.79 Å². The summed E-state index contributed by atoms with van der Waals surface area (Å²) in [6.45, 7) is 2.28. The molecule has 1 aromatic heterocycles. The van der Waals surface area contributed by atoms with Gasteiger partial charge in [0, 0.05) is 31.7 Å². The normalized spacial score (nSPS) is 14.6. The summed E-state index contributed by atoms with van der Waals surface area (Å²) in [5.74, 6) is 0.586. The van der Waals surface area contributed by atoms with Crippen LogP contribution in [0, 0.1) is 0 Å². The summed E-state index contributed by atoms with van der Waals surface area (Å²) >= 11 is 0. The van der Waals surface area contributed by atoms with Gasteiger partial charge in [-0.2, -0.15) is 0 Å². The minimum absolute atomic E-state index is 0.0528. The lowest BCUT2D eigenvalue weighted by Gasteiger charge is -2.36. The summed E-state index contributed by atoms with van der Waals surface area (Å²) in [5.41, 5.74) is 1.19. The van der Waals surface area contributed by atoms with Gasteiger partial charge in [0.05, 0.1) is 23.4 Å². The lowest BCUT2D eigenvalue weighted by molar-refractivity contribution is 0.0746. The second kappa shape index (κ2) is 8.83. The third kappa shape index (κ3) is 4.73. The van der Waals surface area contributed by atoms with E-state index in [0.29, 0.717) is 37.5 Å². The third-order valence-electron chi connectivity index (χ3n) is 5.22. The second-order valence-electron chi connectivity index (χ2n) is 7.20. The number of carbonyl (C=O) groups excluding carboxylic acids is 1. The first kappa shape index (κ1) is 21.0. The number of nitrogens with one attached hydrogen (secondary N) is 1. The summed E-state index contributed by atoms with van der Waals surface area (Å²) < 4.78 is 32.5. The summed E-state index contributed by atoms with van der Waals surface area (Å²) in [4.78, 5) is 16.7. The average molecular weight is 442 g/mol. The molecule has 4 rings (SSSR count). The molecule has 0 saturated carbocycles. The number of anilines is 1. The molecule has 2 N–H and O–H groups in total. The van der Waals surface area contributed by atoms with Crippen molar-refractivity contribution >= 4 is 21.6 Å². The highest BCUT2D eigenvalue weighted by molar-refractivity contribution is 7.89. The van der Waals surface area contributed by atoms with E-state index in [1.807, 2.05) is 17.0 Å². The highest BCUT2D eigenvalue weighted by atomic mass is 32.2. The largest absolute Gasteiger partial charge is 0.506 e. The molecule has 0 bridgehead atoms. The van der Waals surface area contributed by atoms with Crippen LogP contribution in [-0.4, -0.2) is 50.5 Å². The second-order valence-corrected chi connectivity index (χ2v) is 8.96. The van der Waals surface area contributed by atoms with Gasteiger partial charge in [-0.15, -0.1) is 0 Å². The number of sulfonamides is 1. The fourth-order valence-electron chi connectivity index (χ4n) is 3.50. The molecular formula is C22H23N3O5S. The Kier molecular flexibility index (Phi) is 5.97. The van der Waals surface area contributed by atoms with Crippen LogP contribution in [0.25, 0.3) is 0 Å². The average Bonchev–Trinajstić information content (AvgIpc) is 3.32. The molecule has 1 aliphatic rings. The predicted octanol–water partition coefficient (Wildman–Crippen LogP) is 2.43. The number of phenols is 1. The Bertz CT molecular complexity index is 1140. The van der Waals surface area contributed by atoms with E-state index < -0.39 is 10.0 Å². The van der Waals surface area contributed by atoms with Crippen molar-refractivity contribution in [2.45, 2.75) is 11.4 Å². The van der Waals surface area contributed by atoms with Crippen molar-refractivity contribution in [3.8, 4) is 5.75 Å². The van der Waals surface area contributed by atoms with Crippen LogP contribution in [0.4, 0.5) is 5.69 Å². The summed E-state index contributed by atoms with van der Waals surface area (Å²) in [5, 5.41) is 10.0. The van der Waals surface area contributed by atoms with Gasteiger partial charge in [-0.1, -0.05) is 12.1 Å². The Morgan fingerprint density at radius 2 is 1.68 bits per heavy atom. The van der Waals surface area contributed by atoms with Crippen molar-refractivity contribution in [1.82, 2.24) is 9.62 Å². The van der Waals surface area contributed by atoms with E-state index in [1.54, 1.807) is 29.2 Å². The Labute approximate surface area is 180 Å². The van der Waals surface area contributed by atoms with Crippen molar-refractivity contribution in [3.63, 3.8) is 0 Å². The quantitative estimate of drug-likeness (QED) is 0.609. The summed E-state index contributed by atoms with van der Waals surface area (Å²) in [6, 6.07) is 16.4. The number of hydrogen-bond acceptors (Lipinski definition) is 6. The zero-order valence-electron chi connectivity index (χ0n) is 16.8. The van der Waals surface area contributed by atoms with Crippen molar-refractivity contribution in [1.29, 1.82) is 0 Å². The van der Waals surface area contributed by atoms with Crippen LogP contribution in [0.15, 0.2) is 76.2 Å². The first-order valence-electron chi connectivity index (χ1n) is 9.88. The number of carbonyl (C=O) groups is 1. The van der Waals surface area contributed by atoms with E-state index >= 15 is 0 Å². The summed E-state index contributed by atoms with van der Waals surface area (Å²) in [6.07, 6.45) is 1.48. The van der Waals surface area contributed by atoms with Crippen LogP contribution in [0.1, 0.15) is 16.1 Å². The van der Waals surface area contributed by atoms with Gasteiger partial charge in [0.15, 0.2) is 0 Å². The van der Waals surface area contributed by atoms with Crippen LogP contribution in [0.5, 0.6) is 5.75 Å². The molecule has 9 heteroatoms. The van der Waals surface area contributed by atoms with E-state index in [9.17, 15) is 18.3 Å². The van der Waals surface area contributed by atoms with E-state index in [2.05, 4.69) is 4.72 Å². The molecule has 1 aliphatic heterocycles. The maximum absolute atomic E-state index is 12.8. The number of nitrogens with zero attached hydrogens (tertiary/aromatic N) is 2. The van der Waals surface area contributed by atoms with Crippen LogP contribution < -0.4 is 9.62 Å². The van der Waals surface area contributed by atoms with Crippen molar-refractivity contribution in [2.75, 3.05) is 31.1 Å². The van der Waals surface area contributed by atoms with Gasteiger partial charge < -0.3 is 19.3 Å². The maximum Gasteiger partial charge on any atom is 0.253 e. The molecule has 2 heterocycles. The molecule has 1 fully saturated rings. The highest BCUT2D eigenvalue weighted by Gasteiger charge is 2.24. The van der Waals surface area contributed by atoms with Crippen LogP contribution in [-0.2, 0) is 16.6 Å². The standard InChI is InChI=1S/C22H23N3O5S/c26-21-6-2-1-5-20(21)24-11-13-25(14-12-24)22(27)17-7-9-19(10-8-17)31(28,29)23-16-18-4-3-15-30-18/h1-10,15,23,26H,11-14,16H2. The van der Waals surface area contributed by atoms with Crippen molar-refractivity contribution < 1.29 is 22.7 Å². The zero-order chi connectivity index (χ0) is 21.8. The van der Waals surface area contributed by atoms with Crippen LogP contribution in [0.2, 0.25) is 0 Å². The molecule has 162 valence electrons. The maximum atomic E-state index is 12.8. The molecule has 1 amide bonds. The predicted molar refractivity (Wildman–Crippen MR) is 115 cm³/mol. The molecule has 0 aliphatic carbocycles. The van der Waals surface area contributed by atoms with Gasteiger partial charge in [0.2, 0.25) is 10.0 Å². The number of piperazine rings is 1. The van der Waals surface area contributed by atoms with Gasteiger partial charge in [-0.25, -0.2) is 13.1 Å². The third-order valence-corrected chi connectivity index (χ3v) is 6.63. The number of aromatic hydroxyl groups is 1. The highest BCUT2D eigenvalue weighted by Crippen LogP contribution is 2.27. The molecule has 0 atom stereocenters. The Balaban J connectivity index is 1.37. The summed E-state index contributed by atoms with van der Waals surface area (Å²) in [7, 11) is -3.71. The SMILES string of the molecule is O=C(c1ccc(S(=O)(=O)NCc2ccco2)cc1)N1CCN(c2ccccc2O)CC1. The molecule has 1 saturated heterocycles. The lowest BCUT2D eigenvalue weighted by atomic mass is 10.1. The molecule has 31 heavy (non-hydrogen) atoms. The van der Waals surface area contributed by atoms with Gasteiger partial charge in [0.1, 0.15) is 11.5 Å². The monoisotopic (exact) mass is 441 g/mol. The number of amides is 1. The van der Waals surface area contributed by atoms with Gasteiger partial charge in [-0.05, 0) is 48.5 Å². The topological polar surface area (TPSA) is 103 Å². The zero-order valence-corrected chi connectivity index (χ0v) is 17.6. The number of phenolic OH excluding ortho intramolecular Hbond substituents is 1. The molecule has 0 radical (unpaired) electrons. The Morgan fingerprint density at radius 1 is 0.968 bits per heavy atom. The number of hydrogen-bond donors (Lipinski definition) is 2. The molecule has 3 aromatic rings. The first-order valence-corrected chi connectivity index (χ1v) is 11.4. The van der Waals surface area contributed by atoms with Crippen molar-refractivity contribution in [2.24, 2.45) is 0 Å². The van der Waals surface area contributed by atoms with Crippen molar-refractivity contribution in [3.05, 3.63) is 78.3 Å². The van der Waals surface area contributed by atoms with E-state index in [1.165, 1.54) is 30.5 Å².